The summed E-state index contributed by atoms with van der Waals surface area (Å²) in [6, 6.07) is 0. The van der Waals surface area contributed by atoms with Gasteiger partial charge in [0.15, 0.2) is 0 Å². The van der Waals surface area contributed by atoms with Crippen molar-refractivity contribution in [3.8, 4) is 0 Å². The van der Waals surface area contributed by atoms with E-state index in [0.717, 1.165) is 0 Å². The van der Waals surface area contributed by atoms with Gasteiger partial charge in [-0.1, -0.05) is 0 Å². The Bertz CT molecular complexity index is 44.0. The average Bonchev–Trinajstić information content (AvgIpc) is 1.39. The Hall–Kier alpha value is 2.78. The van der Waals surface area contributed by atoms with Gasteiger partial charge in [0.25, 0.3) is 0 Å². The Morgan fingerprint density at radius 3 is 1.00 bits per heavy atom. The van der Waals surface area contributed by atoms with Crippen molar-refractivity contribution in [2.75, 3.05) is 0 Å². The molecule has 4 nitrogen and oxygen atoms in total. The number of hydrogen-bond donors (Lipinski definition) is 2. The molecule has 0 bridgehead atoms. The van der Waals surface area contributed by atoms with Crippen LogP contribution in [0.3, 0.4) is 0 Å². The Morgan fingerprint density at radius 1 is 1.00 bits per heavy atom. The molecule has 0 amide bonds. The summed E-state index contributed by atoms with van der Waals surface area (Å²) in [6.45, 7) is 0. The predicted octanol–water partition coefficient (Wildman–Crippen LogP) is -2.42. The van der Waals surface area contributed by atoms with E-state index in [2.05, 4.69) is 0 Å². The normalized spacial score (nSPS) is 2.00. The molecule has 0 rings (SSSR count). The molecule has 0 atom stereocenters. The Morgan fingerprint density at radius 2 is 1.00 bits per heavy atom. The molecule has 0 radical (unpaired) electrons. The van der Waals surface area contributed by atoms with Gasteiger partial charge >= 0.3 is 122 Å². The second kappa shape index (κ2) is 33.0. The first-order valence-electron chi connectivity index (χ1n) is 0.988. The first-order valence-corrected chi connectivity index (χ1v) is 2.96. The molecule has 0 aromatic heterocycles. The minimum absolute atomic E-state index is 0. The first kappa shape index (κ1) is 22.4. The van der Waals surface area contributed by atoms with Crippen LogP contribution in [-0.2, 0) is 7.61 Å². The molecule has 0 fully saturated rings. The SMILES string of the molecule is [Ca+2].[Ca+2].[H-].[H-].[H-].[H-].[O]=[Al][OH].[O]=[Al][OH]. The fourth-order valence-corrected chi connectivity index (χ4v) is 0. The summed E-state index contributed by atoms with van der Waals surface area (Å²) in [5.41, 5.74) is 0. The van der Waals surface area contributed by atoms with Gasteiger partial charge in [0, 0.05) is 0 Å². The first-order chi connectivity index (χ1) is 2.83. The zero-order chi connectivity index (χ0) is 5.41. The molecule has 0 heterocycles. The summed E-state index contributed by atoms with van der Waals surface area (Å²) in [5.74, 6) is 0. The van der Waals surface area contributed by atoms with Gasteiger partial charge in [-0.25, -0.2) is 0 Å². The van der Waals surface area contributed by atoms with Crippen molar-refractivity contribution in [3.05, 3.63) is 0 Å². The monoisotopic (exact) mass is 204 g/mol. The Labute approximate surface area is 125 Å². The molecule has 8 heteroatoms. The van der Waals surface area contributed by atoms with Gasteiger partial charge in [-0.3, -0.25) is 0 Å². The van der Waals surface area contributed by atoms with Gasteiger partial charge < -0.3 is 5.71 Å². The van der Waals surface area contributed by atoms with Gasteiger partial charge in [-0.2, -0.15) is 0 Å². The zero-order valence-corrected chi connectivity index (χ0v) is 11.0. The third-order valence-electron chi connectivity index (χ3n) is 0. The van der Waals surface area contributed by atoms with E-state index in [4.69, 9.17) is 15.9 Å². The van der Waals surface area contributed by atoms with E-state index in [1.807, 2.05) is 0 Å². The van der Waals surface area contributed by atoms with Crippen LogP contribution in [0, 0.1) is 0 Å². The summed E-state index contributed by atoms with van der Waals surface area (Å²) in [7, 11) is 0. The second-order valence-corrected chi connectivity index (χ2v) is 0.632. The van der Waals surface area contributed by atoms with E-state index in [-0.39, 0.29) is 81.2 Å². The summed E-state index contributed by atoms with van der Waals surface area (Å²) in [5, 5.41) is 0. The minimum atomic E-state index is -1.50. The summed E-state index contributed by atoms with van der Waals surface area (Å²) in [4.78, 5) is 0. The van der Waals surface area contributed by atoms with Gasteiger partial charge in [-0.15, -0.1) is 0 Å². The van der Waals surface area contributed by atoms with Gasteiger partial charge in [0.1, 0.15) is 0 Å². The molecular formula is H6Al2Ca2O4. The molecule has 40 valence electrons. The molecule has 0 saturated heterocycles. The van der Waals surface area contributed by atoms with Crippen LogP contribution in [0.2, 0.25) is 0 Å². The molecule has 0 saturated carbocycles. The Balaban J connectivity index is -0.00000000296. The van der Waals surface area contributed by atoms with Crippen LogP contribution in [0.5, 0.6) is 0 Å². The summed E-state index contributed by atoms with van der Waals surface area (Å²) < 4.78 is 31.3. The van der Waals surface area contributed by atoms with Crippen LogP contribution in [0.1, 0.15) is 5.71 Å². The Kier molecular flexibility index (Phi) is 92.5. The predicted molar refractivity (Wildman–Crippen MR) is 33.3 cm³/mol. The van der Waals surface area contributed by atoms with Crippen molar-refractivity contribution >= 4 is 106 Å². The van der Waals surface area contributed by atoms with Crippen LogP contribution >= 0.6 is 0 Å². The molecule has 0 aliphatic heterocycles. The van der Waals surface area contributed by atoms with Crippen LogP contribution in [0.15, 0.2) is 0 Å². The topological polar surface area (TPSA) is 74.6 Å². The molecule has 0 spiro atoms. The van der Waals surface area contributed by atoms with Crippen molar-refractivity contribution in [2.45, 2.75) is 0 Å². The summed E-state index contributed by atoms with van der Waals surface area (Å²) >= 11 is -3.00. The van der Waals surface area contributed by atoms with E-state index in [1.54, 1.807) is 0 Å². The number of hydrogen-bond acceptors (Lipinski definition) is 2. The zero-order valence-electron chi connectivity index (χ0n) is 8.28. The fourth-order valence-electron chi connectivity index (χ4n) is 0. The van der Waals surface area contributed by atoms with Gasteiger partial charge in [-0.05, 0) is 0 Å². The molecular weight excluding hydrogens is 198 g/mol. The summed E-state index contributed by atoms with van der Waals surface area (Å²) in [6.07, 6.45) is 0. The maximum absolute atomic E-state index is 8.57. The van der Waals surface area contributed by atoms with E-state index in [9.17, 15) is 0 Å². The van der Waals surface area contributed by atoms with E-state index in [1.165, 1.54) is 0 Å². The molecule has 8 heavy (non-hydrogen) atoms. The third-order valence-corrected chi connectivity index (χ3v) is 0. The molecule has 0 aliphatic carbocycles. The third kappa shape index (κ3) is 68.7. The fraction of sp³-hybridized carbons (Fsp3) is 0. The average molecular weight is 204 g/mol. The molecule has 0 aliphatic rings. The van der Waals surface area contributed by atoms with Crippen molar-refractivity contribution in [3.63, 3.8) is 0 Å². The second-order valence-electron chi connectivity index (χ2n) is 0.211. The van der Waals surface area contributed by atoms with Crippen molar-refractivity contribution in [1.29, 1.82) is 0 Å². The van der Waals surface area contributed by atoms with Gasteiger partial charge in [0.05, 0.1) is 0 Å². The van der Waals surface area contributed by atoms with E-state index >= 15 is 0 Å². The molecule has 0 unspecified atom stereocenters. The van der Waals surface area contributed by atoms with E-state index in [0.29, 0.717) is 0 Å². The standard InChI is InChI=1S/2Al.2Ca.2H2O.2O.4H/h;;;;2*1H2;;;;;;/q2*+1;2*+2;;;;;4*-1/p-2. The van der Waals surface area contributed by atoms with Crippen LogP contribution in [0.4, 0.5) is 0 Å². The van der Waals surface area contributed by atoms with Crippen molar-refractivity contribution in [2.24, 2.45) is 0 Å². The van der Waals surface area contributed by atoms with Crippen LogP contribution in [0.25, 0.3) is 0 Å². The van der Waals surface area contributed by atoms with E-state index < -0.39 is 31.0 Å². The molecule has 0 aromatic rings. The number of rotatable bonds is 0. The maximum atomic E-state index is 8.57. The van der Waals surface area contributed by atoms with Gasteiger partial charge in [0.2, 0.25) is 0 Å². The quantitative estimate of drug-likeness (QED) is 0.430. The van der Waals surface area contributed by atoms with Crippen molar-refractivity contribution < 1.29 is 21.6 Å². The molecule has 2 N–H and O–H groups in total. The van der Waals surface area contributed by atoms with Crippen LogP contribution in [-0.4, -0.2) is 115 Å². The van der Waals surface area contributed by atoms with Crippen LogP contribution < -0.4 is 0 Å². The van der Waals surface area contributed by atoms with Crippen molar-refractivity contribution in [1.82, 2.24) is 0 Å². The molecule has 0 aromatic carbocycles.